The largest absolute Gasteiger partial charge is 0.462 e. The summed E-state index contributed by atoms with van der Waals surface area (Å²) < 4.78 is 5.75. The third-order valence-electron chi connectivity index (χ3n) is 5.29. The highest BCUT2D eigenvalue weighted by atomic mass is 16.5. The van der Waals surface area contributed by atoms with Gasteiger partial charge in [0.1, 0.15) is 12.0 Å². The van der Waals surface area contributed by atoms with Crippen molar-refractivity contribution in [1.82, 2.24) is 4.90 Å². The number of carbonyl (C=O) groups excluding carboxylic acids is 1. The zero-order valence-electron chi connectivity index (χ0n) is 13.1. The second kappa shape index (κ2) is 6.80. The average molecular weight is 303 g/mol. The van der Waals surface area contributed by atoms with Crippen LogP contribution in [0.3, 0.4) is 0 Å². The summed E-state index contributed by atoms with van der Waals surface area (Å²) in [6, 6.07) is 10.6. The molecule has 2 saturated heterocycles. The molecule has 1 aromatic rings. The number of esters is 1. The molecular formula is C18H25NO3. The highest BCUT2D eigenvalue weighted by Gasteiger charge is 2.37. The molecule has 0 amide bonds. The predicted octanol–water partition coefficient (Wildman–Crippen LogP) is 2.32. The molecule has 2 aliphatic heterocycles. The summed E-state index contributed by atoms with van der Waals surface area (Å²) in [5.74, 6) is -0.863. The normalized spacial score (nSPS) is 29.8. The average Bonchev–Trinajstić information content (AvgIpc) is 2.77. The molecule has 2 bridgehead atoms. The summed E-state index contributed by atoms with van der Waals surface area (Å²) in [6.45, 7) is -0.207. The zero-order chi connectivity index (χ0) is 15.5. The molecule has 2 aliphatic rings. The van der Waals surface area contributed by atoms with Crippen molar-refractivity contribution in [1.29, 1.82) is 0 Å². The van der Waals surface area contributed by atoms with Gasteiger partial charge in [-0.05, 0) is 44.7 Å². The Bertz CT molecular complexity index is 504. The molecular weight excluding hydrogens is 278 g/mol. The van der Waals surface area contributed by atoms with Gasteiger partial charge in [0, 0.05) is 12.1 Å². The van der Waals surface area contributed by atoms with Crippen molar-refractivity contribution in [2.24, 2.45) is 0 Å². The lowest BCUT2D eigenvalue weighted by molar-refractivity contribution is -0.152. The molecule has 2 heterocycles. The Morgan fingerprint density at radius 3 is 2.64 bits per heavy atom. The molecule has 0 spiro atoms. The number of rotatable bonds is 4. The Hall–Kier alpha value is -1.39. The summed E-state index contributed by atoms with van der Waals surface area (Å²) in [5.41, 5.74) is 0.822. The fraction of sp³-hybridized carbons (Fsp3) is 0.611. The van der Waals surface area contributed by atoms with Gasteiger partial charge in [0.15, 0.2) is 0 Å². The number of aliphatic hydroxyl groups is 1. The second-order valence-electron chi connectivity index (χ2n) is 6.57. The number of aliphatic hydroxyl groups excluding tert-OH is 1. The van der Waals surface area contributed by atoms with Crippen LogP contribution in [0.2, 0.25) is 0 Å². The molecule has 0 radical (unpaired) electrons. The molecule has 4 unspecified atom stereocenters. The summed E-state index contributed by atoms with van der Waals surface area (Å²) >= 11 is 0. The number of carbonyl (C=O) groups is 1. The first-order valence-electron chi connectivity index (χ1n) is 8.27. The Morgan fingerprint density at radius 1 is 1.23 bits per heavy atom. The Kier molecular flexibility index (Phi) is 4.79. The van der Waals surface area contributed by atoms with E-state index in [1.807, 2.05) is 30.3 Å². The highest BCUT2D eigenvalue weighted by Crippen LogP contribution is 2.34. The van der Waals surface area contributed by atoms with E-state index in [-0.39, 0.29) is 18.7 Å². The summed E-state index contributed by atoms with van der Waals surface area (Å²) in [4.78, 5) is 14.9. The first-order chi connectivity index (χ1) is 10.7. The van der Waals surface area contributed by atoms with Crippen molar-refractivity contribution in [3.8, 4) is 0 Å². The van der Waals surface area contributed by atoms with Gasteiger partial charge in [-0.15, -0.1) is 0 Å². The molecule has 22 heavy (non-hydrogen) atoms. The zero-order valence-corrected chi connectivity index (χ0v) is 13.1. The fourth-order valence-electron chi connectivity index (χ4n) is 3.88. The maximum atomic E-state index is 12.4. The lowest BCUT2D eigenvalue weighted by Crippen LogP contribution is -2.32. The first-order valence-corrected chi connectivity index (χ1v) is 8.27. The minimum atomic E-state index is -0.570. The molecule has 1 N–H and O–H groups in total. The van der Waals surface area contributed by atoms with E-state index in [1.54, 1.807) is 0 Å². The van der Waals surface area contributed by atoms with Gasteiger partial charge in [-0.2, -0.15) is 0 Å². The molecule has 4 heteroatoms. The quantitative estimate of drug-likeness (QED) is 0.867. The van der Waals surface area contributed by atoms with Gasteiger partial charge in [-0.25, -0.2) is 0 Å². The number of nitrogens with zero attached hydrogens (tertiary/aromatic N) is 1. The van der Waals surface area contributed by atoms with Crippen molar-refractivity contribution >= 4 is 5.97 Å². The van der Waals surface area contributed by atoms with E-state index < -0.39 is 5.92 Å². The van der Waals surface area contributed by atoms with Crippen LogP contribution in [0, 0.1) is 0 Å². The molecule has 3 rings (SSSR count). The van der Waals surface area contributed by atoms with E-state index in [9.17, 15) is 9.90 Å². The van der Waals surface area contributed by atoms with E-state index in [0.717, 1.165) is 24.8 Å². The van der Waals surface area contributed by atoms with Crippen molar-refractivity contribution < 1.29 is 14.6 Å². The van der Waals surface area contributed by atoms with Gasteiger partial charge >= 0.3 is 5.97 Å². The first kappa shape index (κ1) is 15.5. The minimum Gasteiger partial charge on any atom is -0.462 e. The van der Waals surface area contributed by atoms with E-state index in [1.165, 1.54) is 12.8 Å². The van der Waals surface area contributed by atoms with E-state index >= 15 is 0 Å². The van der Waals surface area contributed by atoms with Crippen LogP contribution in [0.4, 0.5) is 0 Å². The van der Waals surface area contributed by atoms with Crippen LogP contribution in [0.5, 0.6) is 0 Å². The second-order valence-corrected chi connectivity index (χ2v) is 6.57. The molecule has 2 fully saturated rings. The lowest BCUT2D eigenvalue weighted by atomic mass is 9.97. The van der Waals surface area contributed by atoms with Crippen LogP contribution < -0.4 is 0 Å². The fourth-order valence-corrected chi connectivity index (χ4v) is 3.88. The molecule has 4 atom stereocenters. The molecule has 0 aromatic heterocycles. The van der Waals surface area contributed by atoms with Gasteiger partial charge in [-0.3, -0.25) is 4.79 Å². The maximum Gasteiger partial charge on any atom is 0.316 e. The number of fused-ring (bicyclic) bond motifs is 2. The Labute approximate surface area is 132 Å². The maximum absolute atomic E-state index is 12.4. The number of hydrogen-bond acceptors (Lipinski definition) is 4. The molecule has 4 nitrogen and oxygen atoms in total. The number of benzene rings is 1. The van der Waals surface area contributed by atoms with E-state index in [2.05, 4.69) is 11.9 Å². The summed E-state index contributed by atoms with van der Waals surface area (Å²) in [7, 11) is 2.19. The van der Waals surface area contributed by atoms with Gasteiger partial charge < -0.3 is 14.7 Å². The monoisotopic (exact) mass is 303 g/mol. The third-order valence-corrected chi connectivity index (χ3v) is 5.29. The highest BCUT2D eigenvalue weighted by molar-refractivity contribution is 5.78. The Balaban J connectivity index is 1.63. The van der Waals surface area contributed by atoms with Crippen LogP contribution >= 0.6 is 0 Å². The van der Waals surface area contributed by atoms with Gasteiger partial charge in [0.25, 0.3) is 0 Å². The molecule has 0 aliphatic carbocycles. The Morgan fingerprint density at radius 2 is 1.91 bits per heavy atom. The number of ether oxygens (including phenoxy) is 1. The van der Waals surface area contributed by atoms with Gasteiger partial charge in [0.2, 0.25) is 0 Å². The van der Waals surface area contributed by atoms with Gasteiger partial charge in [0.05, 0.1) is 6.61 Å². The third kappa shape index (κ3) is 3.18. The summed E-state index contributed by atoms with van der Waals surface area (Å²) in [5, 5.41) is 9.57. The standard InChI is InChI=1S/C18H25NO3/c1-19-14-7-8-15(19)11-16(10-9-14)22-18(21)17(12-20)13-5-3-2-4-6-13/h2-6,14-17,20H,7-12H2,1H3. The topological polar surface area (TPSA) is 49.8 Å². The van der Waals surface area contributed by atoms with E-state index in [0.29, 0.717) is 12.1 Å². The molecule has 1 aromatic carbocycles. The lowest BCUT2D eigenvalue weighted by Gasteiger charge is -2.24. The van der Waals surface area contributed by atoms with Crippen molar-refractivity contribution in [3.05, 3.63) is 35.9 Å². The van der Waals surface area contributed by atoms with Crippen LogP contribution in [0.1, 0.15) is 43.6 Å². The van der Waals surface area contributed by atoms with Crippen LogP contribution in [0.25, 0.3) is 0 Å². The van der Waals surface area contributed by atoms with E-state index in [4.69, 9.17) is 4.74 Å². The van der Waals surface area contributed by atoms with Crippen LogP contribution in [-0.2, 0) is 9.53 Å². The number of hydrogen-bond donors (Lipinski definition) is 1. The smallest absolute Gasteiger partial charge is 0.316 e. The minimum absolute atomic E-state index is 0.0111. The van der Waals surface area contributed by atoms with Crippen molar-refractivity contribution in [2.75, 3.05) is 13.7 Å². The van der Waals surface area contributed by atoms with Gasteiger partial charge in [-0.1, -0.05) is 30.3 Å². The molecule has 120 valence electrons. The van der Waals surface area contributed by atoms with Crippen molar-refractivity contribution in [2.45, 2.75) is 56.2 Å². The molecule has 0 saturated carbocycles. The van der Waals surface area contributed by atoms with Crippen LogP contribution in [-0.4, -0.2) is 47.8 Å². The van der Waals surface area contributed by atoms with Crippen LogP contribution in [0.15, 0.2) is 30.3 Å². The van der Waals surface area contributed by atoms with Crippen molar-refractivity contribution in [3.63, 3.8) is 0 Å². The summed E-state index contributed by atoms with van der Waals surface area (Å²) in [6.07, 6.45) is 5.42. The SMILES string of the molecule is CN1C2CCC(OC(=O)C(CO)c3ccccc3)CC1CC2. The predicted molar refractivity (Wildman–Crippen MR) is 84.6 cm³/mol.